The molecule has 0 spiro atoms. The maximum atomic E-state index is 11.0. The Balaban J connectivity index is 2.06. The highest BCUT2D eigenvalue weighted by atomic mass is 35.5. The smallest absolute Gasteiger partial charge is 0.321 e. The Morgan fingerprint density at radius 2 is 2.08 bits per heavy atom. The van der Waals surface area contributed by atoms with Crippen molar-refractivity contribution in [3.63, 3.8) is 0 Å². The lowest BCUT2D eigenvalue weighted by Gasteiger charge is -2.25. The van der Waals surface area contributed by atoms with Crippen LogP contribution in [0, 0.1) is 5.92 Å². The largest absolute Gasteiger partial charge is 0.338 e. The fraction of sp³-hybridized carbons (Fsp3) is 0.750. The third-order valence-corrected chi connectivity index (χ3v) is 2.39. The van der Waals surface area contributed by atoms with Gasteiger partial charge in [0.25, 0.3) is 0 Å². The van der Waals surface area contributed by atoms with E-state index in [1.165, 1.54) is 19.3 Å². The van der Waals surface area contributed by atoms with Crippen LogP contribution in [0.15, 0.2) is 0 Å². The number of nitrogens with one attached hydrogen (secondary N) is 2. The van der Waals surface area contributed by atoms with Crippen molar-refractivity contribution in [2.75, 3.05) is 12.4 Å². The topological polar surface area (TPSA) is 58.2 Å². The van der Waals surface area contributed by atoms with Crippen molar-refractivity contribution >= 4 is 23.5 Å². The number of urea groups is 1. The summed E-state index contributed by atoms with van der Waals surface area (Å²) in [6.45, 7) is 0.654. The summed E-state index contributed by atoms with van der Waals surface area (Å²) in [6, 6.07) is -0.447. The first-order valence-electron chi connectivity index (χ1n) is 4.36. The summed E-state index contributed by atoms with van der Waals surface area (Å²) in [4.78, 5) is 21.6. The number of imide groups is 1. The van der Waals surface area contributed by atoms with Gasteiger partial charge in [-0.05, 0) is 18.8 Å². The predicted molar refractivity (Wildman–Crippen MR) is 49.6 cm³/mol. The number of halogens is 1. The van der Waals surface area contributed by atoms with Gasteiger partial charge in [-0.25, -0.2) is 4.79 Å². The van der Waals surface area contributed by atoms with Crippen molar-refractivity contribution in [3.8, 4) is 0 Å². The minimum atomic E-state index is -0.465. The summed E-state index contributed by atoms with van der Waals surface area (Å²) in [6.07, 6.45) is 3.59. The van der Waals surface area contributed by atoms with Crippen molar-refractivity contribution in [1.29, 1.82) is 0 Å². The van der Waals surface area contributed by atoms with Crippen molar-refractivity contribution in [1.82, 2.24) is 10.6 Å². The van der Waals surface area contributed by atoms with Gasteiger partial charge in [-0.1, -0.05) is 6.42 Å². The fourth-order valence-electron chi connectivity index (χ4n) is 1.14. The zero-order valence-electron chi connectivity index (χ0n) is 7.31. The highest BCUT2D eigenvalue weighted by molar-refractivity contribution is 6.28. The Morgan fingerprint density at radius 3 is 2.54 bits per heavy atom. The van der Waals surface area contributed by atoms with Crippen LogP contribution >= 0.6 is 11.6 Å². The van der Waals surface area contributed by atoms with E-state index in [-0.39, 0.29) is 5.88 Å². The van der Waals surface area contributed by atoms with Crippen molar-refractivity contribution in [2.24, 2.45) is 5.92 Å². The summed E-state index contributed by atoms with van der Waals surface area (Å²) in [5.41, 5.74) is 0. The molecule has 13 heavy (non-hydrogen) atoms. The van der Waals surface area contributed by atoms with E-state index >= 15 is 0 Å². The zero-order chi connectivity index (χ0) is 9.68. The molecule has 0 aromatic rings. The molecule has 1 fully saturated rings. The van der Waals surface area contributed by atoms with Crippen molar-refractivity contribution < 1.29 is 9.59 Å². The second-order valence-corrected chi connectivity index (χ2v) is 3.46. The number of carbonyl (C=O) groups excluding carboxylic acids is 2. The molecule has 0 bridgehead atoms. The third-order valence-electron chi connectivity index (χ3n) is 2.15. The molecule has 3 amide bonds. The second-order valence-electron chi connectivity index (χ2n) is 3.19. The number of carbonyl (C=O) groups is 2. The van der Waals surface area contributed by atoms with Crippen LogP contribution in [0.2, 0.25) is 0 Å². The highest BCUT2D eigenvalue weighted by Crippen LogP contribution is 2.24. The van der Waals surface area contributed by atoms with E-state index in [9.17, 15) is 9.59 Å². The Morgan fingerprint density at radius 1 is 1.38 bits per heavy atom. The lowest BCUT2D eigenvalue weighted by Crippen LogP contribution is -2.42. The molecule has 4 nitrogen and oxygen atoms in total. The van der Waals surface area contributed by atoms with Crippen LogP contribution in [0.1, 0.15) is 19.3 Å². The molecule has 5 heteroatoms. The van der Waals surface area contributed by atoms with Gasteiger partial charge in [-0.2, -0.15) is 0 Å². The zero-order valence-corrected chi connectivity index (χ0v) is 8.06. The summed E-state index contributed by atoms with van der Waals surface area (Å²) < 4.78 is 0. The van der Waals surface area contributed by atoms with Crippen LogP contribution in [0.3, 0.4) is 0 Å². The molecule has 0 saturated heterocycles. The number of alkyl halides is 1. The predicted octanol–water partition coefficient (Wildman–Crippen LogP) is 0.851. The fourth-order valence-corrected chi connectivity index (χ4v) is 1.21. The van der Waals surface area contributed by atoms with E-state index in [2.05, 4.69) is 10.6 Å². The van der Waals surface area contributed by atoms with Gasteiger partial charge in [0.2, 0.25) is 5.91 Å². The Bertz CT molecular complexity index is 204. The van der Waals surface area contributed by atoms with E-state index in [1.807, 2.05) is 0 Å². The molecule has 0 unspecified atom stereocenters. The van der Waals surface area contributed by atoms with Gasteiger partial charge >= 0.3 is 6.03 Å². The van der Waals surface area contributed by atoms with Crippen LogP contribution in [0.25, 0.3) is 0 Å². The summed E-state index contributed by atoms with van der Waals surface area (Å²) in [7, 11) is 0. The number of hydrogen-bond acceptors (Lipinski definition) is 2. The average Bonchev–Trinajstić information content (AvgIpc) is 2.01. The molecule has 0 aliphatic heterocycles. The summed E-state index contributed by atoms with van der Waals surface area (Å²) >= 11 is 5.21. The van der Waals surface area contributed by atoms with Crippen molar-refractivity contribution in [3.05, 3.63) is 0 Å². The lowest BCUT2D eigenvalue weighted by molar-refractivity contribution is -0.117. The molecular formula is C8H13ClN2O2. The van der Waals surface area contributed by atoms with Crippen LogP contribution in [-0.2, 0) is 4.79 Å². The van der Waals surface area contributed by atoms with Crippen LogP contribution in [0.5, 0.6) is 0 Å². The summed E-state index contributed by atoms with van der Waals surface area (Å²) in [5, 5.41) is 4.73. The maximum absolute atomic E-state index is 11.0. The van der Waals surface area contributed by atoms with Gasteiger partial charge in [-0.15, -0.1) is 11.6 Å². The van der Waals surface area contributed by atoms with Gasteiger partial charge in [0, 0.05) is 6.54 Å². The molecule has 0 aromatic heterocycles. The lowest BCUT2D eigenvalue weighted by atomic mass is 9.85. The normalized spacial score (nSPS) is 16.1. The van der Waals surface area contributed by atoms with Gasteiger partial charge in [0.15, 0.2) is 0 Å². The first kappa shape index (κ1) is 10.3. The van der Waals surface area contributed by atoms with E-state index in [1.54, 1.807) is 0 Å². The highest BCUT2D eigenvalue weighted by Gasteiger charge is 2.18. The molecule has 0 atom stereocenters. The van der Waals surface area contributed by atoms with E-state index < -0.39 is 11.9 Å². The third kappa shape index (κ3) is 3.63. The quantitative estimate of drug-likeness (QED) is 0.670. The van der Waals surface area contributed by atoms with Gasteiger partial charge < -0.3 is 5.32 Å². The molecule has 2 N–H and O–H groups in total. The summed E-state index contributed by atoms with van der Waals surface area (Å²) in [5.74, 6) is -0.0544. The molecule has 1 aliphatic rings. The van der Waals surface area contributed by atoms with Gasteiger partial charge in [0.05, 0.1) is 0 Å². The van der Waals surface area contributed by atoms with Crippen LogP contribution < -0.4 is 10.6 Å². The Hall–Kier alpha value is -0.770. The van der Waals surface area contributed by atoms with Crippen LogP contribution in [-0.4, -0.2) is 24.4 Å². The molecule has 0 heterocycles. The maximum Gasteiger partial charge on any atom is 0.321 e. The number of rotatable bonds is 3. The molecule has 1 aliphatic carbocycles. The SMILES string of the molecule is O=C(CCl)NC(=O)NCC1CCC1. The molecule has 0 radical (unpaired) electrons. The van der Waals surface area contributed by atoms with E-state index in [0.717, 1.165) is 0 Å². The Kier molecular flexibility index (Phi) is 4.02. The molecular weight excluding hydrogens is 192 g/mol. The average molecular weight is 205 g/mol. The van der Waals surface area contributed by atoms with Crippen LogP contribution in [0.4, 0.5) is 4.79 Å². The number of amides is 3. The number of hydrogen-bond donors (Lipinski definition) is 2. The minimum Gasteiger partial charge on any atom is -0.338 e. The monoisotopic (exact) mass is 204 g/mol. The van der Waals surface area contributed by atoms with Crippen molar-refractivity contribution in [2.45, 2.75) is 19.3 Å². The Labute approximate surface area is 82.0 Å². The first-order chi connectivity index (χ1) is 6.22. The van der Waals surface area contributed by atoms with Gasteiger partial charge in [0.1, 0.15) is 5.88 Å². The molecule has 1 saturated carbocycles. The minimum absolute atomic E-state index is 0.184. The van der Waals surface area contributed by atoms with Gasteiger partial charge in [-0.3, -0.25) is 10.1 Å². The standard InChI is InChI=1S/C8H13ClN2O2/c9-4-7(12)11-8(13)10-5-6-2-1-3-6/h6H,1-5H2,(H2,10,11,12,13). The second kappa shape index (κ2) is 5.07. The molecule has 1 rings (SSSR count). The molecule has 0 aromatic carbocycles. The molecule has 74 valence electrons. The van der Waals surface area contributed by atoms with E-state index in [4.69, 9.17) is 11.6 Å². The van der Waals surface area contributed by atoms with E-state index in [0.29, 0.717) is 12.5 Å². The first-order valence-corrected chi connectivity index (χ1v) is 4.89.